The molecule has 0 saturated carbocycles. The maximum atomic E-state index is 12.4. The van der Waals surface area contributed by atoms with Crippen LogP contribution in [-0.2, 0) is 14.3 Å². The van der Waals surface area contributed by atoms with E-state index in [1.807, 2.05) is 19.1 Å². The average Bonchev–Trinajstić information content (AvgIpc) is 2.55. The number of carbonyl (C=O) groups excluding carboxylic acids is 2. The van der Waals surface area contributed by atoms with Gasteiger partial charge in [-0.1, -0.05) is 12.1 Å². The summed E-state index contributed by atoms with van der Waals surface area (Å²) in [6, 6.07) is 6.30. The Labute approximate surface area is 141 Å². The molecular formula is C17H22N2O5. The molecule has 0 spiro atoms. The van der Waals surface area contributed by atoms with Gasteiger partial charge < -0.3 is 24.8 Å². The number of rotatable bonds is 7. The van der Waals surface area contributed by atoms with Crippen LogP contribution in [0.5, 0.6) is 5.75 Å². The summed E-state index contributed by atoms with van der Waals surface area (Å²) in [5.74, 6) is 0.238. The van der Waals surface area contributed by atoms with Crippen LogP contribution in [0.4, 0.5) is 4.79 Å². The SMILES string of the molecule is CCOc1ccc([C@@H]2NC(=O)NC(C)=C2C(=O)OCCOC)cc1. The van der Waals surface area contributed by atoms with Gasteiger partial charge in [-0.2, -0.15) is 0 Å². The fourth-order valence-electron chi connectivity index (χ4n) is 2.43. The lowest BCUT2D eigenvalue weighted by atomic mass is 9.95. The van der Waals surface area contributed by atoms with Crippen molar-refractivity contribution in [1.82, 2.24) is 10.6 Å². The van der Waals surface area contributed by atoms with E-state index in [1.54, 1.807) is 19.1 Å². The molecule has 7 nitrogen and oxygen atoms in total. The number of esters is 1. The van der Waals surface area contributed by atoms with Crippen molar-refractivity contribution in [3.63, 3.8) is 0 Å². The maximum absolute atomic E-state index is 12.4. The number of amides is 2. The van der Waals surface area contributed by atoms with Gasteiger partial charge in [0.25, 0.3) is 0 Å². The van der Waals surface area contributed by atoms with Crippen molar-refractivity contribution >= 4 is 12.0 Å². The number of hydrogen-bond donors (Lipinski definition) is 2. The van der Waals surface area contributed by atoms with E-state index >= 15 is 0 Å². The lowest BCUT2D eigenvalue weighted by Gasteiger charge is -2.28. The third kappa shape index (κ3) is 4.26. The zero-order chi connectivity index (χ0) is 17.5. The molecule has 1 aromatic rings. The minimum absolute atomic E-state index is 0.149. The second kappa shape index (κ2) is 8.35. The standard InChI is InChI=1S/C17H22N2O5/c1-4-23-13-7-5-12(6-8-13)15-14(11(2)18-17(21)19-15)16(20)24-10-9-22-3/h5-8,15H,4,9-10H2,1-3H3,(H2,18,19,21)/t15-/m0/s1. The summed E-state index contributed by atoms with van der Waals surface area (Å²) in [5, 5.41) is 5.36. The van der Waals surface area contributed by atoms with Crippen LogP contribution in [-0.4, -0.2) is 38.9 Å². The number of methoxy groups -OCH3 is 1. The number of hydrogen-bond acceptors (Lipinski definition) is 5. The van der Waals surface area contributed by atoms with Gasteiger partial charge in [0.1, 0.15) is 12.4 Å². The fourth-order valence-corrected chi connectivity index (χ4v) is 2.43. The Morgan fingerprint density at radius 2 is 1.92 bits per heavy atom. The van der Waals surface area contributed by atoms with Crippen molar-refractivity contribution in [2.45, 2.75) is 19.9 Å². The van der Waals surface area contributed by atoms with Crippen LogP contribution in [0, 0.1) is 0 Å². The van der Waals surface area contributed by atoms with Crippen molar-refractivity contribution in [2.24, 2.45) is 0 Å². The van der Waals surface area contributed by atoms with Gasteiger partial charge in [-0.05, 0) is 31.5 Å². The molecule has 24 heavy (non-hydrogen) atoms. The zero-order valence-corrected chi connectivity index (χ0v) is 14.0. The molecule has 7 heteroatoms. The van der Waals surface area contributed by atoms with Crippen molar-refractivity contribution in [3.8, 4) is 5.75 Å². The quantitative estimate of drug-likeness (QED) is 0.587. The van der Waals surface area contributed by atoms with Crippen LogP contribution >= 0.6 is 0 Å². The predicted octanol–water partition coefficient (Wildman–Crippen LogP) is 1.90. The molecule has 2 N–H and O–H groups in total. The van der Waals surface area contributed by atoms with E-state index in [0.29, 0.717) is 24.5 Å². The molecular weight excluding hydrogens is 312 g/mol. The minimum Gasteiger partial charge on any atom is -0.494 e. The molecule has 1 aliphatic rings. The molecule has 1 heterocycles. The lowest BCUT2D eigenvalue weighted by Crippen LogP contribution is -2.45. The Bertz CT molecular complexity index is 624. The summed E-state index contributed by atoms with van der Waals surface area (Å²) in [7, 11) is 1.53. The van der Waals surface area contributed by atoms with E-state index < -0.39 is 12.0 Å². The number of nitrogens with one attached hydrogen (secondary N) is 2. The van der Waals surface area contributed by atoms with Gasteiger partial charge >= 0.3 is 12.0 Å². The van der Waals surface area contributed by atoms with E-state index in [4.69, 9.17) is 14.2 Å². The van der Waals surface area contributed by atoms with Crippen molar-refractivity contribution in [2.75, 3.05) is 26.9 Å². The van der Waals surface area contributed by atoms with Gasteiger partial charge in [0.2, 0.25) is 0 Å². The highest BCUT2D eigenvalue weighted by Gasteiger charge is 2.32. The van der Waals surface area contributed by atoms with Gasteiger partial charge in [-0.25, -0.2) is 9.59 Å². The smallest absolute Gasteiger partial charge is 0.338 e. The van der Waals surface area contributed by atoms with Gasteiger partial charge in [-0.15, -0.1) is 0 Å². The Kier molecular flexibility index (Phi) is 6.20. The van der Waals surface area contributed by atoms with Crippen LogP contribution < -0.4 is 15.4 Å². The van der Waals surface area contributed by atoms with Gasteiger partial charge in [-0.3, -0.25) is 0 Å². The van der Waals surface area contributed by atoms with Crippen molar-refractivity contribution in [3.05, 3.63) is 41.1 Å². The third-order valence-corrected chi connectivity index (χ3v) is 3.53. The first-order valence-electron chi connectivity index (χ1n) is 7.74. The Morgan fingerprint density at radius 3 is 2.54 bits per heavy atom. The third-order valence-electron chi connectivity index (χ3n) is 3.53. The van der Waals surface area contributed by atoms with Crippen LogP contribution in [0.1, 0.15) is 25.5 Å². The highest BCUT2D eigenvalue weighted by molar-refractivity contribution is 5.95. The summed E-state index contributed by atoms with van der Waals surface area (Å²) in [6.45, 7) is 4.61. The largest absolute Gasteiger partial charge is 0.494 e. The monoisotopic (exact) mass is 334 g/mol. The summed E-state index contributed by atoms with van der Waals surface area (Å²) < 4.78 is 15.5. The molecule has 0 aliphatic carbocycles. The topological polar surface area (TPSA) is 85.9 Å². The average molecular weight is 334 g/mol. The second-order valence-electron chi connectivity index (χ2n) is 5.20. The molecule has 0 saturated heterocycles. The van der Waals surface area contributed by atoms with E-state index in [-0.39, 0.29) is 12.6 Å². The molecule has 1 atom stereocenters. The Balaban J connectivity index is 2.25. The summed E-state index contributed by atoms with van der Waals surface area (Å²) >= 11 is 0. The first-order chi connectivity index (χ1) is 11.6. The van der Waals surface area contributed by atoms with Crippen LogP contribution in [0.15, 0.2) is 35.5 Å². The summed E-state index contributed by atoms with van der Waals surface area (Å²) in [6.07, 6.45) is 0. The highest BCUT2D eigenvalue weighted by Crippen LogP contribution is 2.28. The van der Waals surface area contributed by atoms with Crippen LogP contribution in [0.25, 0.3) is 0 Å². The van der Waals surface area contributed by atoms with E-state index in [1.165, 1.54) is 7.11 Å². The van der Waals surface area contributed by atoms with E-state index in [9.17, 15) is 9.59 Å². The van der Waals surface area contributed by atoms with Crippen molar-refractivity contribution < 1.29 is 23.8 Å². The molecule has 2 rings (SSSR count). The minimum atomic E-state index is -0.579. The number of urea groups is 1. The van der Waals surface area contributed by atoms with Crippen LogP contribution in [0.3, 0.4) is 0 Å². The molecule has 0 aromatic heterocycles. The normalized spacial score (nSPS) is 17.1. The predicted molar refractivity (Wildman–Crippen MR) is 87.6 cm³/mol. The zero-order valence-electron chi connectivity index (χ0n) is 14.0. The number of ether oxygens (including phenoxy) is 3. The number of benzene rings is 1. The number of allylic oxidation sites excluding steroid dienone is 1. The van der Waals surface area contributed by atoms with Gasteiger partial charge in [0.15, 0.2) is 0 Å². The summed E-state index contributed by atoms with van der Waals surface area (Å²) in [5.41, 5.74) is 1.61. The fraction of sp³-hybridized carbons (Fsp3) is 0.412. The molecule has 0 bridgehead atoms. The lowest BCUT2D eigenvalue weighted by molar-refractivity contribution is -0.140. The van der Waals surface area contributed by atoms with Crippen molar-refractivity contribution in [1.29, 1.82) is 0 Å². The summed E-state index contributed by atoms with van der Waals surface area (Å²) in [4.78, 5) is 24.2. The Morgan fingerprint density at radius 1 is 1.21 bits per heavy atom. The maximum Gasteiger partial charge on any atom is 0.338 e. The molecule has 0 fully saturated rings. The van der Waals surface area contributed by atoms with Gasteiger partial charge in [0, 0.05) is 12.8 Å². The Hall–Kier alpha value is -2.54. The molecule has 130 valence electrons. The molecule has 2 amide bonds. The number of carbonyl (C=O) groups is 2. The van der Waals surface area contributed by atoms with E-state index in [0.717, 1.165) is 11.3 Å². The molecule has 1 aliphatic heterocycles. The highest BCUT2D eigenvalue weighted by atomic mass is 16.6. The van der Waals surface area contributed by atoms with E-state index in [2.05, 4.69) is 10.6 Å². The second-order valence-corrected chi connectivity index (χ2v) is 5.20. The molecule has 0 unspecified atom stereocenters. The first kappa shape index (κ1) is 17.8. The van der Waals surface area contributed by atoms with Gasteiger partial charge in [0.05, 0.1) is 24.8 Å². The van der Waals surface area contributed by atoms with Crippen LogP contribution in [0.2, 0.25) is 0 Å². The first-order valence-corrected chi connectivity index (χ1v) is 7.74. The molecule has 1 aromatic carbocycles. The molecule has 0 radical (unpaired) electrons.